The lowest BCUT2D eigenvalue weighted by molar-refractivity contribution is 0.820. The molecule has 0 amide bonds. The quantitative estimate of drug-likeness (QED) is 0.686. The minimum Gasteiger partial charge on any atom is -0.283 e. The van der Waals surface area contributed by atoms with Gasteiger partial charge in [0.1, 0.15) is 23.1 Å². The molecule has 19 heavy (non-hydrogen) atoms. The van der Waals surface area contributed by atoms with Crippen LogP contribution in [0.3, 0.4) is 0 Å². The van der Waals surface area contributed by atoms with Crippen molar-refractivity contribution in [3.8, 4) is 5.82 Å². The number of aromatic nitrogens is 4. The number of hydrogen-bond acceptors (Lipinski definition) is 3. The number of benzene rings is 1. The number of aryl methyl sites for hydroxylation is 1. The van der Waals surface area contributed by atoms with E-state index in [0.29, 0.717) is 5.15 Å². The topological polar surface area (TPSA) is 43.6 Å². The van der Waals surface area contributed by atoms with Gasteiger partial charge >= 0.3 is 0 Å². The molecule has 0 fully saturated rings. The van der Waals surface area contributed by atoms with Crippen molar-refractivity contribution in [1.82, 2.24) is 19.5 Å². The maximum absolute atomic E-state index is 6.07. The van der Waals surface area contributed by atoms with Crippen molar-refractivity contribution in [2.24, 2.45) is 0 Å². The molecule has 2 heterocycles. The van der Waals surface area contributed by atoms with Crippen LogP contribution in [0.25, 0.3) is 16.9 Å². The largest absolute Gasteiger partial charge is 0.283 e. The van der Waals surface area contributed by atoms with Gasteiger partial charge in [-0.05, 0) is 18.6 Å². The number of halogens is 1. The van der Waals surface area contributed by atoms with Crippen LogP contribution in [-0.2, 0) is 6.42 Å². The second kappa shape index (κ2) is 4.97. The SMILES string of the molecule is CCCc1nc(Cl)cc(-n2cnc3ccccc32)n1. The molecule has 0 spiro atoms. The van der Waals surface area contributed by atoms with Gasteiger partial charge in [0.25, 0.3) is 0 Å². The number of nitrogens with zero attached hydrogens (tertiary/aromatic N) is 4. The smallest absolute Gasteiger partial charge is 0.143 e. The highest BCUT2D eigenvalue weighted by Gasteiger charge is 2.08. The highest BCUT2D eigenvalue weighted by atomic mass is 35.5. The number of para-hydroxylation sites is 2. The van der Waals surface area contributed by atoms with Gasteiger partial charge in [0, 0.05) is 12.5 Å². The summed E-state index contributed by atoms with van der Waals surface area (Å²) in [6.07, 6.45) is 3.57. The Kier molecular flexibility index (Phi) is 3.17. The van der Waals surface area contributed by atoms with Crippen molar-refractivity contribution in [3.63, 3.8) is 0 Å². The molecular formula is C14H13ClN4. The van der Waals surface area contributed by atoms with Crippen LogP contribution in [0.1, 0.15) is 19.2 Å². The zero-order chi connectivity index (χ0) is 13.2. The Morgan fingerprint density at radius 3 is 2.89 bits per heavy atom. The molecule has 0 aliphatic rings. The Balaban J connectivity index is 2.15. The van der Waals surface area contributed by atoms with Crippen LogP contribution in [0.15, 0.2) is 36.7 Å². The molecule has 0 unspecified atom stereocenters. The summed E-state index contributed by atoms with van der Waals surface area (Å²) in [6.45, 7) is 2.09. The summed E-state index contributed by atoms with van der Waals surface area (Å²) in [7, 11) is 0. The molecule has 0 radical (unpaired) electrons. The number of rotatable bonds is 3. The zero-order valence-electron chi connectivity index (χ0n) is 10.5. The van der Waals surface area contributed by atoms with Gasteiger partial charge in [0.2, 0.25) is 0 Å². The summed E-state index contributed by atoms with van der Waals surface area (Å²) in [4.78, 5) is 13.1. The Hall–Kier alpha value is -1.94. The first-order chi connectivity index (χ1) is 9.28. The van der Waals surface area contributed by atoms with Crippen molar-refractivity contribution >= 4 is 22.6 Å². The minimum absolute atomic E-state index is 0.464. The van der Waals surface area contributed by atoms with Gasteiger partial charge in [-0.3, -0.25) is 4.57 Å². The average molecular weight is 273 g/mol. The number of hydrogen-bond donors (Lipinski definition) is 0. The van der Waals surface area contributed by atoms with Gasteiger partial charge in [0.05, 0.1) is 11.0 Å². The van der Waals surface area contributed by atoms with Crippen LogP contribution in [-0.4, -0.2) is 19.5 Å². The van der Waals surface area contributed by atoms with Crippen LogP contribution < -0.4 is 0 Å². The van der Waals surface area contributed by atoms with E-state index in [2.05, 4.69) is 21.9 Å². The molecule has 96 valence electrons. The van der Waals surface area contributed by atoms with E-state index in [4.69, 9.17) is 11.6 Å². The Labute approximate surface area is 116 Å². The average Bonchev–Trinajstić information content (AvgIpc) is 2.82. The molecule has 0 N–H and O–H groups in total. The van der Waals surface area contributed by atoms with Gasteiger partial charge in [-0.2, -0.15) is 0 Å². The third-order valence-electron chi connectivity index (χ3n) is 2.90. The summed E-state index contributed by atoms with van der Waals surface area (Å²) < 4.78 is 1.93. The van der Waals surface area contributed by atoms with E-state index < -0.39 is 0 Å². The first kappa shape index (κ1) is 12.1. The van der Waals surface area contributed by atoms with Crippen molar-refractivity contribution in [1.29, 1.82) is 0 Å². The van der Waals surface area contributed by atoms with Crippen molar-refractivity contribution in [3.05, 3.63) is 47.6 Å². The summed E-state index contributed by atoms with van der Waals surface area (Å²) in [6, 6.07) is 9.69. The summed E-state index contributed by atoms with van der Waals surface area (Å²) in [5.41, 5.74) is 1.95. The first-order valence-electron chi connectivity index (χ1n) is 6.24. The van der Waals surface area contributed by atoms with Gasteiger partial charge in [0.15, 0.2) is 0 Å². The van der Waals surface area contributed by atoms with E-state index in [0.717, 1.165) is 35.5 Å². The third-order valence-corrected chi connectivity index (χ3v) is 3.10. The first-order valence-corrected chi connectivity index (χ1v) is 6.61. The molecule has 0 bridgehead atoms. The molecule has 0 atom stereocenters. The van der Waals surface area contributed by atoms with Gasteiger partial charge in [-0.15, -0.1) is 0 Å². The predicted octanol–water partition coefficient (Wildman–Crippen LogP) is 3.42. The van der Waals surface area contributed by atoms with Crippen LogP contribution in [0, 0.1) is 0 Å². The molecule has 1 aromatic carbocycles. The molecule has 3 rings (SSSR count). The molecule has 0 saturated heterocycles. The van der Waals surface area contributed by atoms with Crippen molar-refractivity contribution in [2.45, 2.75) is 19.8 Å². The Morgan fingerprint density at radius 2 is 2.05 bits per heavy atom. The fourth-order valence-electron chi connectivity index (χ4n) is 2.05. The molecule has 3 aromatic rings. The lowest BCUT2D eigenvalue weighted by atomic mass is 10.3. The fourth-order valence-corrected chi connectivity index (χ4v) is 2.25. The monoisotopic (exact) mass is 272 g/mol. The van der Waals surface area contributed by atoms with Crippen molar-refractivity contribution in [2.75, 3.05) is 0 Å². The van der Waals surface area contributed by atoms with Gasteiger partial charge < -0.3 is 0 Å². The van der Waals surface area contributed by atoms with E-state index in [1.165, 1.54) is 0 Å². The Morgan fingerprint density at radius 1 is 1.21 bits per heavy atom. The second-order valence-corrected chi connectivity index (χ2v) is 4.71. The van der Waals surface area contributed by atoms with E-state index in [1.54, 1.807) is 12.4 Å². The van der Waals surface area contributed by atoms with E-state index in [-0.39, 0.29) is 0 Å². The summed E-state index contributed by atoms with van der Waals surface area (Å²) in [5.74, 6) is 1.53. The predicted molar refractivity (Wildman–Crippen MR) is 75.7 cm³/mol. The fraction of sp³-hybridized carbons (Fsp3) is 0.214. The summed E-state index contributed by atoms with van der Waals surface area (Å²) >= 11 is 6.07. The summed E-state index contributed by atoms with van der Waals surface area (Å²) in [5, 5.41) is 0.464. The van der Waals surface area contributed by atoms with Crippen LogP contribution >= 0.6 is 11.6 Å². The number of fused-ring (bicyclic) bond motifs is 1. The standard InChI is InChI=1S/C14H13ClN4/c1-2-5-13-17-12(15)8-14(18-13)19-9-16-10-6-3-4-7-11(10)19/h3-4,6-9H,2,5H2,1H3. The Bertz CT molecular complexity index is 720. The molecule has 0 aliphatic carbocycles. The van der Waals surface area contributed by atoms with E-state index >= 15 is 0 Å². The van der Waals surface area contributed by atoms with Gasteiger partial charge in [-0.25, -0.2) is 15.0 Å². The molecular weight excluding hydrogens is 260 g/mol. The van der Waals surface area contributed by atoms with Crippen LogP contribution in [0.4, 0.5) is 0 Å². The zero-order valence-corrected chi connectivity index (χ0v) is 11.3. The minimum atomic E-state index is 0.464. The molecule has 2 aromatic heterocycles. The van der Waals surface area contributed by atoms with Crippen LogP contribution in [0.2, 0.25) is 5.15 Å². The third kappa shape index (κ3) is 2.31. The van der Waals surface area contributed by atoms with E-state index in [9.17, 15) is 0 Å². The molecule has 5 heteroatoms. The van der Waals surface area contributed by atoms with Crippen molar-refractivity contribution < 1.29 is 0 Å². The number of imidazole rings is 1. The van der Waals surface area contributed by atoms with E-state index in [1.807, 2.05) is 28.8 Å². The van der Waals surface area contributed by atoms with Gasteiger partial charge in [-0.1, -0.05) is 30.7 Å². The maximum atomic E-state index is 6.07. The lowest BCUT2D eigenvalue weighted by Gasteiger charge is -2.06. The molecule has 4 nitrogen and oxygen atoms in total. The highest BCUT2D eigenvalue weighted by molar-refractivity contribution is 6.29. The lowest BCUT2D eigenvalue weighted by Crippen LogP contribution is -2.02. The second-order valence-electron chi connectivity index (χ2n) is 4.32. The molecule has 0 aliphatic heterocycles. The van der Waals surface area contributed by atoms with Crippen LogP contribution in [0.5, 0.6) is 0 Å². The highest BCUT2D eigenvalue weighted by Crippen LogP contribution is 2.18. The molecule has 0 saturated carbocycles. The normalized spacial score (nSPS) is 11.1. The maximum Gasteiger partial charge on any atom is 0.143 e.